The molecule has 0 spiro atoms. The number of benzene rings is 1. The van der Waals surface area contributed by atoms with Crippen LogP contribution in [0.5, 0.6) is 0 Å². The molecule has 0 aliphatic rings. The Morgan fingerprint density at radius 2 is 2.20 bits per heavy atom. The third-order valence-corrected chi connectivity index (χ3v) is 3.11. The number of rotatable bonds is 6. The molecule has 5 nitrogen and oxygen atoms in total. The molecule has 2 rings (SSSR count). The van der Waals surface area contributed by atoms with Crippen LogP contribution in [0.1, 0.15) is 12.5 Å². The minimum Gasteiger partial charge on any atom is -0.469 e. The van der Waals surface area contributed by atoms with Crippen LogP contribution in [-0.2, 0) is 16.1 Å². The van der Waals surface area contributed by atoms with Crippen molar-refractivity contribution in [1.82, 2.24) is 15.1 Å². The molecule has 0 radical (unpaired) electrons. The molecule has 0 saturated heterocycles. The summed E-state index contributed by atoms with van der Waals surface area (Å²) in [4.78, 5) is 11.3. The first-order valence-electron chi connectivity index (χ1n) is 6.59. The summed E-state index contributed by atoms with van der Waals surface area (Å²) >= 11 is 0. The molecule has 1 aromatic heterocycles. The normalized spacial score (nSPS) is 12.1. The first kappa shape index (κ1) is 14.3. The minimum absolute atomic E-state index is 0.156. The maximum absolute atomic E-state index is 11.3. The second kappa shape index (κ2) is 6.86. The Morgan fingerprint density at radius 1 is 1.40 bits per heavy atom. The standard InChI is InChI=1S/C15H19N3O2/c1-12(15(19)20-2)10-16-11-13-6-3-4-7-14(13)18-9-5-8-17-18/h3-9,12,16H,10-11H2,1-2H3. The van der Waals surface area contributed by atoms with Gasteiger partial charge in [-0.25, -0.2) is 4.68 Å². The molecule has 0 amide bonds. The number of hydrogen-bond donors (Lipinski definition) is 1. The van der Waals surface area contributed by atoms with Crippen molar-refractivity contribution in [2.45, 2.75) is 13.5 Å². The van der Waals surface area contributed by atoms with Crippen LogP contribution in [0.4, 0.5) is 0 Å². The highest BCUT2D eigenvalue weighted by molar-refractivity contribution is 5.72. The number of esters is 1. The van der Waals surface area contributed by atoms with Crippen LogP contribution in [0.15, 0.2) is 42.7 Å². The van der Waals surface area contributed by atoms with Crippen molar-refractivity contribution >= 4 is 5.97 Å². The summed E-state index contributed by atoms with van der Waals surface area (Å²) in [6.45, 7) is 3.11. The fourth-order valence-electron chi connectivity index (χ4n) is 2.00. The molecular formula is C15H19N3O2. The van der Waals surface area contributed by atoms with Gasteiger partial charge in [0.1, 0.15) is 0 Å². The smallest absolute Gasteiger partial charge is 0.309 e. The van der Waals surface area contributed by atoms with Crippen LogP contribution in [0.3, 0.4) is 0 Å². The molecule has 0 saturated carbocycles. The molecule has 1 aromatic carbocycles. The van der Waals surface area contributed by atoms with E-state index in [0.717, 1.165) is 11.3 Å². The van der Waals surface area contributed by atoms with Crippen molar-refractivity contribution < 1.29 is 9.53 Å². The number of nitrogens with zero attached hydrogens (tertiary/aromatic N) is 2. The summed E-state index contributed by atoms with van der Waals surface area (Å²) in [6, 6.07) is 9.94. The zero-order valence-corrected chi connectivity index (χ0v) is 11.7. The van der Waals surface area contributed by atoms with Crippen LogP contribution in [0.2, 0.25) is 0 Å². The summed E-state index contributed by atoms with van der Waals surface area (Å²) in [6.07, 6.45) is 3.67. The maximum Gasteiger partial charge on any atom is 0.309 e. The van der Waals surface area contributed by atoms with Crippen LogP contribution >= 0.6 is 0 Å². The third-order valence-electron chi connectivity index (χ3n) is 3.11. The highest BCUT2D eigenvalue weighted by Gasteiger charge is 2.12. The molecule has 1 heterocycles. The van der Waals surface area contributed by atoms with Gasteiger partial charge in [-0.15, -0.1) is 0 Å². The largest absolute Gasteiger partial charge is 0.469 e. The van der Waals surface area contributed by atoms with E-state index in [4.69, 9.17) is 4.74 Å². The fraction of sp³-hybridized carbons (Fsp3) is 0.333. The highest BCUT2D eigenvalue weighted by Crippen LogP contribution is 2.13. The number of carbonyl (C=O) groups is 1. The van der Waals surface area contributed by atoms with E-state index in [0.29, 0.717) is 13.1 Å². The minimum atomic E-state index is -0.196. The summed E-state index contributed by atoms with van der Waals surface area (Å²) in [7, 11) is 1.41. The first-order valence-corrected chi connectivity index (χ1v) is 6.59. The molecule has 0 aliphatic heterocycles. The fourth-order valence-corrected chi connectivity index (χ4v) is 2.00. The Labute approximate surface area is 118 Å². The van der Waals surface area contributed by atoms with Crippen LogP contribution in [-0.4, -0.2) is 29.4 Å². The molecule has 20 heavy (non-hydrogen) atoms. The molecule has 106 valence electrons. The molecule has 0 bridgehead atoms. The van der Waals surface area contributed by atoms with Crippen molar-refractivity contribution in [2.75, 3.05) is 13.7 Å². The Kier molecular flexibility index (Phi) is 4.90. The van der Waals surface area contributed by atoms with E-state index in [1.165, 1.54) is 7.11 Å². The van der Waals surface area contributed by atoms with Gasteiger partial charge in [0, 0.05) is 25.5 Å². The lowest BCUT2D eigenvalue weighted by atomic mass is 10.1. The number of hydrogen-bond acceptors (Lipinski definition) is 4. The molecule has 2 aromatic rings. The SMILES string of the molecule is COC(=O)C(C)CNCc1ccccc1-n1cccn1. The van der Waals surface area contributed by atoms with Crippen molar-refractivity contribution in [2.24, 2.45) is 5.92 Å². The summed E-state index contributed by atoms with van der Waals surface area (Å²) in [5.41, 5.74) is 2.17. The van der Waals surface area contributed by atoms with Gasteiger partial charge < -0.3 is 10.1 Å². The van der Waals surface area contributed by atoms with Crippen molar-refractivity contribution in [3.8, 4) is 5.69 Å². The molecule has 5 heteroatoms. The molecule has 1 atom stereocenters. The van der Waals surface area contributed by atoms with Gasteiger partial charge in [-0.05, 0) is 17.7 Å². The average Bonchev–Trinajstić information content (AvgIpc) is 3.00. The van der Waals surface area contributed by atoms with Crippen LogP contribution in [0, 0.1) is 5.92 Å². The number of carbonyl (C=O) groups excluding carboxylic acids is 1. The van der Waals surface area contributed by atoms with E-state index >= 15 is 0 Å². The van der Waals surface area contributed by atoms with E-state index < -0.39 is 0 Å². The van der Waals surface area contributed by atoms with E-state index in [9.17, 15) is 4.79 Å². The summed E-state index contributed by atoms with van der Waals surface area (Å²) in [5.74, 6) is -0.352. The number of nitrogens with one attached hydrogen (secondary N) is 1. The predicted octanol–water partition coefficient (Wildman–Crippen LogP) is 1.77. The van der Waals surface area contributed by atoms with Gasteiger partial charge >= 0.3 is 5.97 Å². The number of para-hydroxylation sites is 1. The van der Waals surface area contributed by atoms with E-state index in [-0.39, 0.29) is 11.9 Å². The second-order valence-corrected chi connectivity index (χ2v) is 4.63. The van der Waals surface area contributed by atoms with Crippen molar-refractivity contribution in [3.63, 3.8) is 0 Å². The first-order chi connectivity index (χ1) is 9.72. The van der Waals surface area contributed by atoms with Gasteiger partial charge in [-0.2, -0.15) is 5.10 Å². The van der Waals surface area contributed by atoms with Crippen molar-refractivity contribution in [3.05, 3.63) is 48.3 Å². The Balaban J connectivity index is 1.99. The van der Waals surface area contributed by atoms with Gasteiger partial charge in [0.25, 0.3) is 0 Å². The molecule has 1 unspecified atom stereocenters. The van der Waals surface area contributed by atoms with Gasteiger partial charge in [-0.1, -0.05) is 25.1 Å². The van der Waals surface area contributed by atoms with Gasteiger partial charge in [0.05, 0.1) is 18.7 Å². The Morgan fingerprint density at radius 3 is 2.90 bits per heavy atom. The van der Waals surface area contributed by atoms with Crippen LogP contribution in [0.25, 0.3) is 5.69 Å². The maximum atomic E-state index is 11.3. The van der Waals surface area contributed by atoms with E-state index in [1.807, 2.05) is 48.1 Å². The van der Waals surface area contributed by atoms with E-state index in [2.05, 4.69) is 10.4 Å². The molecule has 0 aliphatic carbocycles. The van der Waals surface area contributed by atoms with Crippen LogP contribution < -0.4 is 5.32 Å². The van der Waals surface area contributed by atoms with E-state index in [1.54, 1.807) is 6.20 Å². The zero-order valence-electron chi connectivity index (χ0n) is 11.7. The lowest BCUT2D eigenvalue weighted by Gasteiger charge is -2.13. The predicted molar refractivity (Wildman–Crippen MR) is 76.5 cm³/mol. The number of ether oxygens (including phenoxy) is 1. The lowest BCUT2D eigenvalue weighted by Crippen LogP contribution is -2.27. The van der Waals surface area contributed by atoms with Gasteiger partial charge in [0.2, 0.25) is 0 Å². The second-order valence-electron chi connectivity index (χ2n) is 4.63. The third kappa shape index (κ3) is 3.45. The Bertz CT molecular complexity index is 552. The Hall–Kier alpha value is -2.14. The van der Waals surface area contributed by atoms with Gasteiger partial charge in [-0.3, -0.25) is 4.79 Å². The average molecular weight is 273 g/mol. The molecule has 0 fully saturated rings. The number of aromatic nitrogens is 2. The highest BCUT2D eigenvalue weighted by atomic mass is 16.5. The summed E-state index contributed by atoms with van der Waals surface area (Å²) < 4.78 is 6.54. The van der Waals surface area contributed by atoms with Crippen molar-refractivity contribution in [1.29, 1.82) is 0 Å². The lowest BCUT2D eigenvalue weighted by molar-refractivity contribution is -0.144. The molecular weight excluding hydrogens is 254 g/mol. The number of methoxy groups -OCH3 is 1. The zero-order chi connectivity index (χ0) is 14.4. The quantitative estimate of drug-likeness (QED) is 0.815. The topological polar surface area (TPSA) is 56.1 Å². The van der Waals surface area contributed by atoms with Gasteiger partial charge in [0.15, 0.2) is 0 Å². The summed E-state index contributed by atoms with van der Waals surface area (Å²) in [5, 5.41) is 7.52. The monoisotopic (exact) mass is 273 g/mol. The molecule has 1 N–H and O–H groups in total.